The molecule has 7 nitrogen and oxygen atoms in total. The van der Waals surface area contributed by atoms with Gasteiger partial charge in [0.2, 0.25) is 0 Å². The molecule has 1 heterocycles. The van der Waals surface area contributed by atoms with Crippen molar-refractivity contribution >= 4 is 12.0 Å². The number of fused-ring (bicyclic) bond motifs is 1. The van der Waals surface area contributed by atoms with E-state index < -0.39 is 5.97 Å². The number of ether oxygens (including phenoxy) is 2. The number of benzene rings is 2. The molecule has 0 bridgehead atoms. The fraction of sp³-hybridized carbons (Fsp3) is 0.333. The molecular formula is C21H24N2O5. The van der Waals surface area contributed by atoms with E-state index in [1.807, 2.05) is 32.0 Å². The molecule has 2 amide bonds. The van der Waals surface area contributed by atoms with E-state index in [9.17, 15) is 9.59 Å². The summed E-state index contributed by atoms with van der Waals surface area (Å²) in [7, 11) is 0. The van der Waals surface area contributed by atoms with Crippen molar-refractivity contribution in [2.75, 3.05) is 13.2 Å². The van der Waals surface area contributed by atoms with Crippen molar-refractivity contribution in [3.8, 4) is 11.5 Å². The Labute approximate surface area is 163 Å². The highest BCUT2D eigenvalue weighted by atomic mass is 16.6. The molecule has 0 fully saturated rings. The summed E-state index contributed by atoms with van der Waals surface area (Å²) < 4.78 is 11.2. The molecule has 0 spiro atoms. The smallest absolute Gasteiger partial charge is 0.335 e. The van der Waals surface area contributed by atoms with Gasteiger partial charge in [0.1, 0.15) is 13.2 Å². The highest BCUT2D eigenvalue weighted by Gasteiger charge is 2.21. The van der Waals surface area contributed by atoms with Gasteiger partial charge in [0.15, 0.2) is 11.5 Å². The lowest BCUT2D eigenvalue weighted by Gasteiger charge is -2.25. The molecule has 2 aromatic rings. The van der Waals surface area contributed by atoms with Gasteiger partial charge in [0.25, 0.3) is 0 Å². The first kappa shape index (κ1) is 19.5. The summed E-state index contributed by atoms with van der Waals surface area (Å²) >= 11 is 0. The number of hydrogen-bond donors (Lipinski definition) is 3. The van der Waals surface area contributed by atoms with Crippen LogP contribution in [-0.2, 0) is 6.54 Å². The number of nitrogens with one attached hydrogen (secondary N) is 2. The third-order valence-corrected chi connectivity index (χ3v) is 4.53. The standard InChI is InChI=1S/C21H24N2O5/c1-13(2)19(16-7-8-17-18(11-16)28-10-9-27-17)23-21(26)22-12-14-3-5-15(6-4-14)20(24)25/h3-8,11,13,19H,9-10,12H2,1-2H3,(H,24,25)(H2,22,23,26). The summed E-state index contributed by atoms with van der Waals surface area (Å²) in [4.78, 5) is 23.3. The van der Waals surface area contributed by atoms with Gasteiger partial charge in [-0.05, 0) is 41.3 Å². The molecule has 0 saturated carbocycles. The lowest BCUT2D eigenvalue weighted by atomic mass is 9.95. The van der Waals surface area contributed by atoms with Crippen LogP contribution in [0.25, 0.3) is 0 Å². The predicted octanol–water partition coefficient (Wildman–Crippen LogP) is 3.35. The summed E-state index contributed by atoms with van der Waals surface area (Å²) in [5.74, 6) is 0.599. The lowest BCUT2D eigenvalue weighted by Crippen LogP contribution is -2.39. The van der Waals surface area contributed by atoms with Crippen LogP contribution in [0, 0.1) is 5.92 Å². The van der Waals surface area contributed by atoms with Crippen molar-refractivity contribution in [3.05, 3.63) is 59.2 Å². The van der Waals surface area contributed by atoms with Gasteiger partial charge in [-0.2, -0.15) is 0 Å². The highest BCUT2D eigenvalue weighted by Crippen LogP contribution is 2.34. The third kappa shape index (κ3) is 4.73. The second kappa shape index (κ2) is 8.65. The zero-order valence-corrected chi connectivity index (χ0v) is 15.9. The SMILES string of the molecule is CC(C)C(NC(=O)NCc1ccc(C(=O)O)cc1)c1ccc2c(c1)OCCO2. The monoisotopic (exact) mass is 384 g/mol. The molecule has 1 atom stereocenters. The predicted molar refractivity (Wildman–Crippen MR) is 104 cm³/mol. The van der Waals surface area contributed by atoms with Crippen molar-refractivity contribution in [1.82, 2.24) is 10.6 Å². The number of aromatic carboxylic acids is 1. The van der Waals surface area contributed by atoms with Crippen LogP contribution in [0.2, 0.25) is 0 Å². The van der Waals surface area contributed by atoms with Crippen molar-refractivity contribution < 1.29 is 24.2 Å². The molecule has 0 saturated heterocycles. The average Bonchev–Trinajstić information content (AvgIpc) is 2.70. The molecule has 0 aliphatic carbocycles. The van der Waals surface area contributed by atoms with Gasteiger partial charge in [0, 0.05) is 6.54 Å². The quantitative estimate of drug-likeness (QED) is 0.710. The van der Waals surface area contributed by atoms with Crippen molar-refractivity contribution in [1.29, 1.82) is 0 Å². The third-order valence-electron chi connectivity index (χ3n) is 4.53. The second-order valence-corrected chi connectivity index (χ2v) is 6.95. The molecule has 28 heavy (non-hydrogen) atoms. The second-order valence-electron chi connectivity index (χ2n) is 6.95. The minimum atomic E-state index is -0.976. The van der Waals surface area contributed by atoms with Crippen LogP contribution >= 0.6 is 0 Å². The van der Waals surface area contributed by atoms with Gasteiger partial charge in [-0.3, -0.25) is 0 Å². The van der Waals surface area contributed by atoms with Crippen LogP contribution in [0.5, 0.6) is 11.5 Å². The number of urea groups is 1. The number of rotatable bonds is 6. The van der Waals surface area contributed by atoms with E-state index in [0.29, 0.717) is 31.3 Å². The molecule has 0 radical (unpaired) electrons. The van der Waals surface area contributed by atoms with Gasteiger partial charge < -0.3 is 25.2 Å². The first-order valence-electron chi connectivity index (χ1n) is 9.20. The number of carboxylic acid groups (broad SMARTS) is 1. The topological polar surface area (TPSA) is 96.9 Å². The Balaban J connectivity index is 1.62. The van der Waals surface area contributed by atoms with Crippen LogP contribution in [0.1, 0.15) is 41.4 Å². The Bertz CT molecular complexity index is 848. The number of hydrogen-bond acceptors (Lipinski definition) is 4. The van der Waals surface area contributed by atoms with E-state index >= 15 is 0 Å². The first-order valence-corrected chi connectivity index (χ1v) is 9.20. The van der Waals surface area contributed by atoms with Crippen LogP contribution in [-0.4, -0.2) is 30.3 Å². The highest BCUT2D eigenvalue weighted by molar-refractivity contribution is 5.87. The summed E-state index contributed by atoms with van der Waals surface area (Å²) in [5.41, 5.74) is 1.98. The molecular weight excluding hydrogens is 360 g/mol. The molecule has 1 unspecified atom stereocenters. The van der Waals surface area contributed by atoms with E-state index in [2.05, 4.69) is 10.6 Å². The molecule has 1 aliphatic rings. The summed E-state index contributed by atoms with van der Waals surface area (Å²) in [6.45, 7) is 5.42. The Morgan fingerprint density at radius 2 is 1.71 bits per heavy atom. The normalized spacial score (nSPS) is 13.7. The van der Waals surface area contributed by atoms with Crippen LogP contribution in [0.4, 0.5) is 4.79 Å². The Morgan fingerprint density at radius 3 is 2.36 bits per heavy atom. The van der Waals surface area contributed by atoms with Gasteiger partial charge in [0.05, 0.1) is 11.6 Å². The first-order chi connectivity index (χ1) is 13.4. The molecule has 3 rings (SSSR count). The molecule has 7 heteroatoms. The number of carbonyl (C=O) groups is 2. The molecule has 1 aliphatic heterocycles. The van der Waals surface area contributed by atoms with Crippen molar-refractivity contribution in [3.63, 3.8) is 0 Å². The van der Waals surface area contributed by atoms with E-state index in [-0.39, 0.29) is 23.6 Å². The number of amides is 2. The summed E-state index contributed by atoms with van der Waals surface area (Å²) in [6.07, 6.45) is 0. The minimum absolute atomic E-state index is 0.170. The van der Waals surface area contributed by atoms with E-state index in [1.54, 1.807) is 12.1 Å². The summed E-state index contributed by atoms with van der Waals surface area (Å²) in [5, 5.41) is 14.7. The number of carbonyl (C=O) groups excluding carboxylic acids is 1. The van der Waals surface area contributed by atoms with Gasteiger partial charge in [-0.15, -0.1) is 0 Å². The Kier molecular flexibility index (Phi) is 6.03. The molecule has 2 aromatic carbocycles. The van der Waals surface area contributed by atoms with E-state index in [4.69, 9.17) is 14.6 Å². The average molecular weight is 384 g/mol. The maximum absolute atomic E-state index is 12.4. The van der Waals surface area contributed by atoms with Crippen molar-refractivity contribution in [2.24, 2.45) is 5.92 Å². The maximum Gasteiger partial charge on any atom is 0.335 e. The Hall–Kier alpha value is -3.22. The summed E-state index contributed by atoms with van der Waals surface area (Å²) in [6, 6.07) is 11.6. The molecule has 148 valence electrons. The Morgan fingerprint density at radius 1 is 1.04 bits per heavy atom. The molecule has 0 aromatic heterocycles. The number of carboxylic acids is 1. The van der Waals surface area contributed by atoms with E-state index in [1.165, 1.54) is 12.1 Å². The van der Waals surface area contributed by atoms with Crippen LogP contribution in [0.3, 0.4) is 0 Å². The molecule has 3 N–H and O–H groups in total. The maximum atomic E-state index is 12.4. The van der Waals surface area contributed by atoms with Gasteiger partial charge in [-0.1, -0.05) is 32.0 Å². The fourth-order valence-corrected chi connectivity index (χ4v) is 3.03. The van der Waals surface area contributed by atoms with Crippen LogP contribution < -0.4 is 20.1 Å². The van der Waals surface area contributed by atoms with Crippen LogP contribution in [0.15, 0.2) is 42.5 Å². The van der Waals surface area contributed by atoms with Gasteiger partial charge in [-0.25, -0.2) is 9.59 Å². The van der Waals surface area contributed by atoms with Gasteiger partial charge >= 0.3 is 12.0 Å². The zero-order chi connectivity index (χ0) is 20.1. The van der Waals surface area contributed by atoms with E-state index in [0.717, 1.165) is 11.1 Å². The minimum Gasteiger partial charge on any atom is -0.486 e. The largest absolute Gasteiger partial charge is 0.486 e. The van der Waals surface area contributed by atoms with Crippen molar-refractivity contribution in [2.45, 2.75) is 26.4 Å². The lowest BCUT2D eigenvalue weighted by molar-refractivity contribution is 0.0697. The zero-order valence-electron chi connectivity index (χ0n) is 15.9. The fourth-order valence-electron chi connectivity index (χ4n) is 3.03.